The standard InChI is InChI=1S/C32H46ClN7O3/c33-27-10-8-24(9-11-27)19-28(38-29(41)12-16-36-30(42)25-5-4-15-34-20-25)31(43)39-17-13-32(14-18-39,21-40-23-35-22-37-40)26-6-2-1-3-7-26/h8-11,22-23,25-26,28,34H,1-7,12-21H2,(H,36,42)(H,38,41)/t25-,28+/m0/s1. The summed E-state index contributed by atoms with van der Waals surface area (Å²) < 4.78 is 1.96. The lowest BCUT2D eigenvalue weighted by atomic mass is 9.63. The number of rotatable bonds is 11. The van der Waals surface area contributed by atoms with E-state index in [-0.39, 0.29) is 42.0 Å². The number of amides is 3. The highest BCUT2D eigenvalue weighted by atomic mass is 35.5. The number of benzene rings is 1. The second-order valence-corrected chi connectivity index (χ2v) is 13.1. The minimum absolute atomic E-state index is 0.0190. The van der Waals surface area contributed by atoms with Gasteiger partial charge in [-0.3, -0.25) is 19.1 Å². The first-order valence-corrected chi connectivity index (χ1v) is 16.4. The van der Waals surface area contributed by atoms with E-state index in [0.29, 0.717) is 37.0 Å². The first-order chi connectivity index (χ1) is 20.9. The van der Waals surface area contributed by atoms with Crippen molar-refractivity contribution < 1.29 is 14.4 Å². The van der Waals surface area contributed by atoms with Crippen LogP contribution in [0, 0.1) is 17.3 Å². The van der Waals surface area contributed by atoms with Crippen LogP contribution in [-0.4, -0.2) is 76.2 Å². The van der Waals surface area contributed by atoms with Crippen LogP contribution in [0.1, 0.15) is 69.8 Å². The number of nitrogens with one attached hydrogen (secondary N) is 3. The summed E-state index contributed by atoms with van der Waals surface area (Å²) in [6.45, 7) is 4.00. The Morgan fingerprint density at radius 2 is 1.81 bits per heavy atom. The van der Waals surface area contributed by atoms with Crippen molar-refractivity contribution in [1.82, 2.24) is 35.6 Å². The van der Waals surface area contributed by atoms with Crippen molar-refractivity contribution in [2.75, 3.05) is 32.7 Å². The maximum absolute atomic E-state index is 14.0. The Bertz CT molecular complexity index is 1190. The number of carbonyl (C=O) groups excluding carboxylic acids is 3. The predicted molar refractivity (Wildman–Crippen MR) is 165 cm³/mol. The van der Waals surface area contributed by atoms with E-state index in [0.717, 1.165) is 44.3 Å². The van der Waals surface area contributed by atoms with Crippen LogP contribution in [0.15, 0.2) is 36.9 Å². The molecule has 3 aliphatic rings. The average Bonchev–Trinajstić information content (AvgIpc) is 3.55. The molecule has 3 fully saturated rings. The van der Waals surface area contributed by atoms with Gasteiger partial charge < -0.3 is 20.9 Å². The van der Waals surface area contributed by atoms with Gasteiger partial charge in [-0.25, -0.2) is 4.98 Å². The van der Waals surface area contributed by atoms with Crippen molar-refractivity contribution in [3.63, 3.8) is 0 Å². The van der Waals surface area contributed by atoms with Crippen molar-refractivity contribution in [2.45, 2.75) is 83.2 Å². The molecule has 43 heavy (non-hydrogen) atoms. The number of hydrogen-bond acceptors (Lipinski definition) is 6. The summed E-state index contributed by atoms with van der Waals surface area (Å²) in [6.07, 6.45) is 13.8. The molecule has 3 N–H and O–H groups in total. The normalized spacial score (nSPS) is 21.6. The van der Waals surface area contributed by atoms with Gasteiger partial charge in [-0.05, 0) is 74.1 Å². The third-order valence-corrected chi connectivity index (χ3v) is 10.0. The molecule has 11 heteroatoms. The first-order valence-electron chi connectivity index (χ1n) is 16.1. The van der Waals surface area contributed by atoms with Crippen LogP contribution < -0.4 is 16.0 Å². The molecule has 2 atom stereocenters. The molecule has 1 saturated carbocycles. The lowest BCUT2D eigenvalue weighted by Gasteiger charge is -2.48. The average molecular weight is 612 g/mol. The van der Waals surface area contributed by atoms with Gasteiger partial charge >= 0.3 is 0 Å². The summed E-state index contributed by atoms with van der Waals surface area (Å²) in [4.78, 5) is 45.6. The Morgan fingerprint density at radius 3 is 2.49 bits per heavy atom. The topological polar surface area (TPSA) is 121 Å². The van der Waals surface area contributed by atoms with Gasteiger partial charge in [0.1, 0.15) is 18.7 Å². The fourth-order valence-electron chi connectivity index (χ4n) is 7.28. The lowest BCUT2D eigenvalue weighted by molar-refractivity contribution is -0.139. The van der Waals surface area contributed by atoms with Crippen LogP contribution in [0.3, 0.4) is 0 Å². The summed E-state index contributed by atoms with van der Waals surface area (Å²) in [5, 5.41) is 14.2. The molecule has 1 aromatic heterocycles. The van der Waals surface area contributed by atoms with E-state index >= 15 is 0 Å². The van der Waals surface area contributed by atoms with Crippen LogP contribution >= 0.6 is 11.6 Å². The van der Waals surface area contributed by atoms with Crippen LogP contribution in [-0.2, 0) is 27.3 Å². The minimum Gasteiger partial charge on any atom is -0.355 e. The third-order valence-electron chi connectivity index (χ3n) is 9.79. The highest BCUT2D eigenvalue weighted by Gasteiger charge is 2.43. The van der Waals surface area contributed by atoms with Gasteiger partial charge in [-0.15, -0.1) is 0 Å². The van der Waals surface area contributed by atoms with E-state index in [1.54, 1.807) is 24.8 Å². The maximum atomic E-state index is 14.0. The van der Waals surface area contributed by atoms with E-state index in [9.17, 15) is 14.4 Å². The van der Waals surface area contributed by atoms with E-state index < -0.39 is 6.04 Å². The van der Waals surface area contributed by atoms with Crippen molar-refractivity contribution in [2.24, 2.45) is 17.3 Å². The van der Waals surface area contributed by atoms with Gasteiger partial charge in [0.05, 0.1) is 5.92 Å². The summed E-state index contributed by atoms with van der Waals surface area (Å²) >= 11 is 6.10. The SMILES string of the molecule is O=C(CCNC(=O)[C@H]1CCCNC1)N[C@H](Cc1ccc(Cl)cc1)C(=O)N1CCC(Cn2cncn2)(C2CCCCC2)CC1. The molecule has 10 nitrogen and oxygen atoms in total. The third kappa shape index (κ3) is 8.56. The van der Waals surface area contributed by atoms with Crippen LogP contribution in [0.5, 0.6) is 0 Å². The van der Waals surface area contributed by atoms with E-state index in [1.165, 1.54) is 32.1 Å². The highest BCUT2D eigenvalue weighted by molar-refractivity contribution is 6.30. The van der Waals surface area contributed by atoms with Gasteiger partial charge in [-0.2, -0.15) is 5.10 Å². The van der Waals surface area contributed by atoms with Crippen molar-refractivity contribution in [3.8, 4) is 0 Å². The molecule has 234 valence electrons. The number of hydrogen-bond donors (Lipinski definition) is 3. The molecular formula is C32H46ClN7O3. The van der Waals surface area contributed by atoms with E-state index in [1.807, 2.05) is 21.7 Å². The smallest absolute Gasteiger partial charge is 0.245 e. The number of carbonyl (C=O) groups is 3. The number of halogens is 1. The van der Waals surface area contributed by atoms with Gasteiger partial charge in [0.15, 0.2) is 0 Å². The Balaban J connectivity index is 1.21. The molecule has 2 saturated heterocycles. The van der Waals surface area contributed by atoms with Crippen molar-refractivity contribution in [3.05, 3.63) is 47.5 Å². The number of likely N-dealkylation sites (tertiary alicyclic amines) is 1. The zero-order valence-electron chi connectivity index (χ0n) is 25.1. The molecule has 0 unspecified atom stereocenters. The van der Waals surface area contributed by atoms with Crippen molar-refractivity contribution >= 4 is 29.3 Å². The zero-order valence-corrected chi connectivity index (χ0v) is 25.9. The fourth-order valence-corrected chi connectivity index (χ4v) is 7.41. The molecule has 1 aliphatic carbocycles. The molecule has 1 aromatic carbocycles. The Labute approximate surface area is 259 Å². The molecule has 3 amide bonds. The molecule has 2 aliphatic heterocycles. The summed E-state index contributed by atoms with van der Waals surface area (Å²) in [6, 6.07) is 6.72. The first kappa shape index (κ1) is 31.4. The maximum Gasteiger partial charge on any atom is 0.245 e. The second kappa shape index (κ2) is 15.1. The lowest BCUT2D eigenvalue weighted by Crippen LogP contribution is -2.54. The Morgan fingerprint density at radius 1 is 1.05 bits per heavy atom. The summed E-state index contributed by atoms with van der Waals surface area (Å²) in [5.74, 6) is 0.245. The second-order valence-electron chi connectivity index (χ2n) is 12.7. The van der Waals surface area contributed by atoms with Gasteiger partial charge in [0.25, 0.3) is 0 Å². The quantitative estimate of drug-likeness (QED) is 0.358. The molecular weight excluding hydrogens is 566 g/mol. The van der Waals surface area contributed by atoms with Crippen LogP contribution in [0.2, 0.25) is 5.02 Å². The largest absolute Gasteiger partial charge is 0.355 e. The highest BCUT2D eigenvalue weighted by Crippen LogP contribution is 2.47. The summed E-state index contributed by atoms with van der Waals surface area (Å²) in [5.41, 5.74) is 1.02. The molecule has 0 spiro atoms. The number of nitrogens with zero attached hydrogens (tertiary/aromatic N) is 4. The van der Waals surface area contributed by atoms with Gasteiger partial charge in [-0.1, -0.05) is 43.0 Å². The van der Waals surface area contributed by atoms with E-state index in [2.05, 4.69) is 26.0 Å². The fraction of sp³-hybridized carbons (Fsp3) is 0.656. The minimum atomic E-state index is -0.690. The van der Waals surface area contributed by atoms with Crippen molar-refractivity contribution in [1.29, 1.82) is 0 Å². The Kier molecular flexibility index (Phi) is 11.1. The zero-order chi connectivity index (χ0) is 30.1. The predicted octanol–water partition coefficient (Wildman–Crippen LogP) is 3.35. The van der Waals surface area contributed by atoms with Gasteiger partial charge in [0.2, 0.25) is 17.7 Å². The molecule has 2 aromatic rings. The monoisotopic (exact) mass is 611 g/mol. The van der Waals surface area contributed by atoms with Crippen LogP contribution in [0.4, 0.5) is 0 Å². The van der Waals surface area contributed by atoms with E-state index in [4.69, 9.17) is 11.6 Å². The number of aromatic nitrogens is 3. The Hall–Kier alpha value is -2.98. The molecule has 0 radical (unpaired) electrons. The summed E-state index contributed by atoms with van der Waals surface area (Å²) in [7, 11) is 0. The van der Waals surface area contributed by atoms with Crippen LogP contribution in [0.25, 0.3) is 0 Å². The molecule has 3 heterocycles. The van der Waals surface area contributed by atoms with Gasteiger partial charge in [0, 0.05) is 50.6 Å². The molecule has 0 bridgehead atoms. The molecule has 5 rings (SSSR count). The number of piperidine rings is 2.